The highest BCUT2D eigenvalue weighted by molar-refractivity contribution is 7.88. The van der Waals surface area contributed by atoms with Gasteiger partial charge in [-0.2, -0.15) is 4.31 Å². The highest BCUT2D eigenvalue weighted by Gasteiger charge is 2.33. The van der Waals surface area contributed by atoms with E-state index < -0.39 is 10.0 Å². The summed E-state index contributed by atoms with van der Waals surface area (Å²) in [5.41, 5.74) is 3.81. The molecule has 2 unspecified atom stereocenters. The predicted molar refractivity (Wildman–Crippen MR) is 122 cm³/mol. The van der Waals surface area contributed by atoms with Gasteiger partial charge < -0.3 is 10.1 Å². The van der Waals surface area contributed by atoms with Gasteiger partial charge in [-0.1, -0.05) is 6.08 Å². The second kappa shape index (κ2) is 8.07. The maximum absolute atomic E-state index is 14.5. The van der Waals surface area contributed by atoms with Crippen LogP contribution in [0.15, 0.2) is 30.7 Å². The quantitative estimate of drug-likeness (QED) is 0.609. The van der Waals surface area contributed by atoms with Gasteiger partial charge in [-0.05, 0) is 38.0 Å². The molecule has 0 radical (unpaired) electrons. The summed E-state index contributed by atoms with van der Waals surface area (Å²) >= 11 is 0. The number of fused-ring (bicyclic) bond motifs is 2. The van der Waals surface area contributed by atoms with Crippen LogP contribution < -0.4 is 10.1 Å². The zero-order valence-electron chi connectivity index (χ0n) is 18.6. The van der Waals surface area contributed by atoms with E-state index in [4.69, 9.17) is 4.74 Å². The van der Waals surface area contributed by atoms with E-state index in [1.165, 1.54) is 16.6 Å². The van der Waals surface area contributed by atoms with Gasteiger partial charge in [-0.3, -0.25) is 4.40 Å². The first-order chi connectivity index (χ1) is 15.7. The molecule has 4 heterocycles. The number of sulfonamides is 1. The molecule has 33 heavy (non-hydrogen) atoms. The second-order valence-corrected chi connectivity index (χ2v) is 10.4. The summed E-state index contributed by atoms with van der Waals surface area (Å²) in [4.78, 5) is 4.56. The largest absolute Gasteiger partial charge is 0.493 e. The third kappa shape index (κ3) is 3.84. The average molecular weight is 473 g/mol. The molecule has 0 aliphatic carbocycles. The summed E-state index contributed by atoms with van der Waals surface area (Å²) in [6, 6.07) is 2.60. The van der Waals surface area contributed by atoms with Gasteiger partial charge in [-0.25, -0.2) is 17.8 Å². The number of ether oxygens (including phenoxy) is 1. The molecule has 2 aromatic heterocycles. The summed E-state index contributed by atoms with van der Waals surface area (Å²) in [5.74, 6) is 0.931. The van der Waals surface area contributed by atoms with Gasteiger partial charge in [0.2, 0.25) is 16.0 Å². The van der Waals surface area contributed by atoms with E-state index in [1.807, 2.05) is 19.9 Å². The minimum atomic E-state index is -3.32. The van der Waals surface area contributed by atoms with Crippen LogP contribution in [-0.2, 0) is 23.0 Å². The predicted octanol–water partition coefficient (Wildman–Crippen LogP) is 2.64. The van der Waals surface area contributed by atoms with E-state index in [0.717, 1.165) is 22.4 Å². The van der Waals surface area contributed by atoms with Gasteiger partial charge in [0.05, 0.1) is 12.9 Å². The van der Waals surface area contributed by atoms with Crippen LogP contribution in [0.5, 0.6) is 5.75 Å². The minimum Gasteiger partial charge on any atom is -0.493 e. The molecule has 11 heteroatoms. The highest BCUT2D eigenvalue weighted by atomic mass is 32.2. The number of nitrogens with one attached hydrogen (secondary N) is 1. The van der Waals surface area contributed by atoms with E-state index in [2.05, 4.69) is 20.5 Å². The first-order valence-corrected chi connectivity index (χ1v) is 12.6. The van der Waals surface area contributed by atoms with Crippen molar-refractivity contribution in [3.8, 4) is 5.75 Å². The number of halogens is 1. The first kappa shape index (κ1) is 21.8. The Morgan fingerprint density at radius 3 is 2.88 bits per heavy atom. The second-order valence-electron chi connectivity index (χ2n) is 8.55. The van der Waals surface area contributed by atoms with Crippen molar-refractivity contribution >= 4 is 27.2 Å². The maximum Gasteiger partial charge on any atom is 0.211 e. The lowest BCUT2D eigenvalue weighted by Crippen LogP contribution is -2.45. The molecule has 0 saturated carbocycles. The summed E-state index contributed by atoms with van der Waals surface area (Å²) in [7, 11) is -3.32. The van der Waals surface area contributed by atoms with Gasteiger partial charge >= 0.3 is 0 Å². The van der Waals surface area contributed by atoms with E-state index >= 15 is 0 Å². The molecule has 9 nitrogen and oxygen atoms in total. The summed E-state index contributed by atoms with van der Waals surface area (Å²) in [6.07, 6.45) is 7.64. The lowest BCUT2D eigenvalue weighted by Gasteiger charge is -2.36. The summed E-state index contributed by atoms with van der Waals surface area (Å²) in [6.45, 7) is 4.55. The molecule has 3 aromatic rings. The molecule has 0 spiro atoms. The Kier molecular flexibility index (Phi) is 5.32. The van der Waals surface area contributed by atoms with Gasteiger partial charge in [0.1, 0.15) is 17.9 Å². The van der Waals surface area contributed by atoms with Crippen molar-refractivity contribution in [3.63, 3.8) is 0 Å². The van der Waals surface area contributed by atoms with Crippen LogP contribution in [0.3, 0.4) is 0 Å². The molecule has 174 valence electrons. The Hall–Kier alpha value is -3.05. The molecule has 2 aliphatic heterocycles. The monoisotopic (exact) mass is 472 g/mol. The van der Waals surface area contributed by atoms with Crippen molar-refractivity contribution in [1.29, 1.82) is 0 Å². The standard InChI is InChI=1S/C22H25FN6O3S/c1-13-8-15(9-14(2)29(13)33(3,30)31)17-10-24-22(28-12-26-27-21(17)28)25-11-18-16-6-7-32-20(16)5-4-19(18)23/h4-5,8,10,12-14H,6-7,9,11H2,1-3H3,(H,24,25). The Balaban J connectivity index is 1.45. The molecule has 0 amide bonds. The third-order valence-corrected chi connectivity index (χ3v) is 7.68. The van der Waals surface area contributed by atoms with Gasteiger partial charge in [-0.15, -0.1) is 10.2 Å². The Labute approximate surface area is 191 Å². The van der Waals surface area contributed by atoms with Gasteiger partial charge in [0.25, 0.3) is 0 Å². The molecule has 1 aromatic carbocycles. The summed E-state index contributed by atoms with van der Waals surface area (Å²) < 4.78 is 47.6. The summed E-state index contributed by atoms with van der Waals surface area (Å²) in [5, 5.41) is 11.5. The number of aromatic nitrogens is 4. The Bertz CT molecular complexity index is 1370. The van der Waals surface area contributed by atoms with Crippen LogP contribution in [0, 0.1) is 5.82 Å². The van der Waals surface area contributed by atoms with Crippen molar-refractivity contribution in [2.24, 2.45) is 0 Å². The number of anilines is 1. The molecular formula is C22H25FN6O3S. The normalized spacial score (nSPS) is 21.0. The topological polar surface area (TPSA) is 102 Å². The number of hydrogen-bond donors (Lipinski definition) is 1. The van der Waals surface area contributed by atoms with Crippen LogP contribution in [0.4, 0.5) is 10.3 Å². The number of nitrogens with zero attached hydrogens (tertiary/aromatic N) is 5. The number of benzene rings is 1. The smallest absolute Gasteiger partial charge is 0.211 e. The molecule has 5 rings (SSSR count). The molecule has 2 atom stereocenters. The fourth-order valence-corrected chi connectivity index (χ4v) is 6.31. The zero-order chi connectivity index (χ0) is 23.3. The molecule has 0 bridgehead atoms. The van der Waals surface area contributed by atoms with Crippen LogP contribution >= 0.6 is 0 Å². The Morgan fingerprint density at radius 2 is 2.12 bits per heavy atom. The first-order valence-electron chi connectivity index (χ1n) is 10.8. The Morgan fingerprint density at radius 1 is 1.30 bits per heavy atom. The highest BCUT2D eigenvalue weighted by Crippen LogP contribution is 2.33. The minimum absolute atomic E-state index is 0.193. The van der Waals surface area contributed by atoms with E-state index in [1.54, 1.807) is 23.0 Å². The van der Waals surface area contributed by atoms with Crippen LogP contribution in [0.1, 0.15) is 37.0 Å². The fourth-order valence-electron chi connectivity index (χ4n) is 4.92. The van der Waals surface area contributed by atoms with Crippen LogP contribution in [0.25, 0.3) is 11.2 Å². The van der Waals surface area contributed by atoms with E-state index in [0.29, 0.717) is 36.6 Å². The zero-order valence-corrected chi connectivity index (χ0v) is 19.4. The van der Waals surface area contributed by atoms with E-state index in [9.17, 15) is 12.8 Å². The van der Waals surface area contributed by atoms with Gasteiger partial charge in [0.15, 0.2) is 5.65 Å². The molecular weight excluding hydrogens is 447 g/mol. The maximum atomic E-state index is 14.5. The van der Waals surface area contributed by atoms with E-state index in [-0.39, 0.29) is 24.4 Å². The van der Waals surface area contributed by atoms with Crippen LogP contribution in [-0.4, -0.2) is 57.3 Å². The number of hydrogen-bond acceptors (Lipinski definition) is 7. The lowest BCUT2D eigenvalue weighted by atomic mass is 9.95. The number of rotatable bonds is 5. The van der Waals surface area contributed by atoms with Crippen molar-refractivity contribution in [3.05, 3.63) is 53.2 Å². The van der Waals surface area contributed by atoms with Crippen LogP contribution in [0.2, 0.25) is 0 Å². The molecule has 2 aliphatic rings. The molecule has 0 fully saturated rings. The third-order valence-electron chi connectivity index (χ3n) is 6.22. The lowest BCUT2D eigenvalue weighted by molar-refractivity contribution is 0.301. The van der Waals surface area contributed by atoms with Gasteiger partial charge in [0, 0.05) is 47.9 Å². The van der Waals surface area contributed by atoms with Crippen molar-refractivity contribution < 1.29 is 17.5 Å². The fraction of sp³-hybridized carbons (Fsp3) is 0.409. The molecule has 0 saturated heterocycles. The van der Waals surface area contributed by atoms with Crippen molar-refractivity contribution in [2.45, 2.75) is 45.3 Å². The van der Waals surface area contributed by atoms with Crippen molar-refractivity contribution in [1.82, 2.24) is 23.9 Å². The average Bonchev–Trinajstić information content (AvgIpc) is 3.41. The van der Waals surface area contributed by atoms with Crippen molar-refractivity contribution in [2.75, 3.05) is 18.2 Å². The molecule has 1 N–H and O–H groups in total. The SMILES string of the molecule is CC1C=C(c2cnc(NCc3c(F)ccc4c3CCO4)n3cnnc23)CC(C)N1S(C)(=O)=O.